The highest BCUT2D eigenvalue weighted by Crippen LogP contribution is 2.32. The van der Waals surface area contributed by atoms with E-state index in [-0.39, 0.29) is 18.0 Å². The molecule has 0 bridgehead atoms. The van der Waals surface area contributed by atoms with Gasteiger partial charge in [-0.1, -0.05) is 12.2 Å². The molecular formula is C31H33N7O2. The second-order valence-electron chi connectivity index (χ2n) is 10.7. The molecule has 2 aromatic carbocycles. The molecule has 2 aliphatic heterocycles. The predicted molar refractivity (Wildman–Crippen MR) is 159 cm³/mol. The molecule has 9 heteroatoms. The molecule has 1 fully saturated rings. The fourth-order valence-corrected chi connectivity index (χ4v) is 5.22. The fourth-order valence-electron chi connectivity index (χ4n) is 5.22. The fraction of sp³-hybridized carbons (Fsp3) is 0.290. The van der Waals surface area contributed by atoms with E-state index in [2.05, 4.69) is 42.2 Å². The Morgan fingerprint density at radius 1 is 1.18 bits per heavy atom. The van der Waals surface area contributed by atoms with Crippen LogP contribution in [0.4, 0.5) is 17.2 Å². The van der Waals surface area contributed by atoms with Crippen molar-refractivity contribution in [1.82, 2.24) is 19.8 Å². The molecule has 1 amide bonds. The van der Waals surface area contributed by atoms with E-state index in [0.29, 0.717) is 12.4 Å². The molecule has 2 atom stereocenters. The molecule has 1 N–H and O–H groups in total. The summed E-state index contributed by atoms with van der Waals surface area (Å²) in [6, 6.07) is 12.2. The van der Waals surface area contributed by atoms with Gasteiger partial charge in [-0.2, -0.15) is 0 Å². The van der Waals surface area contributed by atoms with Gasteiger partial charge in [-0.25, -0.2) is 9.97 Å². The number of hydrogen-bond donors (Lipinski definition) is 1. The molecular weight excluding hydrogens is 502 g/mol. The highest BCUT2D eigenvalue weighted by atomic mass is 16.5. The predicted octanol–water partition coefficient (Wildman–Crippen LogP) is 4.45. The highest BCUT2D eigenvalue weighted by molar-refractivity contribution is 6.09. The number of benzene rings is 2. The Labute approximate surface area is 234 Å². The van der Waals surface area contributed by atoms with E-state index in [1.807, 2.05) is 87.9 Å². The van der Waals surface area contributed by atoms with Crippen molar-refractivity contribution in [3.8, 4) is 5.75 Å². The first-order valence-corrected chi connectivity index (χ1v) is 13.5. The third-order valence-electron chi connectivity index (χ3n) is 7.46. The van der Waals surface area contributed by atoms with Crippen LogP contribution in [-0.4, -0.2) is 78.3 Å². The van der Waals surface area contributed by atoms with Gasteiger partial charge in [-0.15, -0.1) is 0 Å². The Kier molecular flexibility index (Phi) is 6.81. The van der Waals surface area contributed by atoms with Crippen LogP contribution in [0.5, 0.6) is 5.75 Å². The van der Waals surface area contributed by atoms with Crippen LogP contribution < -0.4 is 15.0 Å². The number of amides is 1. The van der Waals surface area contributed by atoms with Gasteiger partial charge in [0, 0.05) is 42.5 Å². The second kappa shape index (κ2) is 10.6. The molecule has 0 saturated carbocycles. The molecule has 3 heterocycles. The number of aliphatic imine (C=N–C) groups is 1. The van der Waals surface area contributed by atoms with Gasteiger partial charge in [0.05, 0.1) is 23.9 Å². The van der Waals surface area contributed by atoms with Gasteiger partial charge >= 0.3 is 0 Å². The van der Waals surface area contributed by atoms with Crippen LogP contribution >= 0.6 is 0 Å². The maximum absolute atomic E-state index is 13.1. The summed E-state index contributed by atoms with van der Waals surface area (Å²) in [6.45, 7) is 3.44. The zero-order chi connectivity index (χ0) is 27.8. The quantitative estimate of drug-likeness (QED) is 0.448. The number of allylic oxidation sites excluding steroid dienone is 1. The average Bonchev–Trinajstić information content (AvgIpc) is 3.50. The number of ether oxygens (including phenoxy) is 1. The molecule has 0 radical (unpaired) electrons. The minimum Gasteiger partial charge on any atom is -0.457 e. The third-order valence-corrected chi connectivity index (χ3v) is 7.46. The number of nitrogens with zero attached hydrogens (tertiary/aromatic N) is 6. The van der Waals surface area contributed by atoms with Crippen LogP contribution in [0.25, 0.3) is 10.9 Å². The molecule has 204 valence electrons. The highest BCUT2D eigenvalue weighted by Gasteiger charge is 2.28. The number of fused-ring (bicyclic) bond motifs is 2. The normalized spacial score (nSPS) is 21.1. The maximum Gasteiger partial charge on any atom is 0.253 e. The monoisotopic (exact) mass is 535 g/mol. The van der Waals surface area contributed by atoms with Crippen molar-refractivity contribution in [2.75, 3.05) is 44.4 Å². The summed E-state index contributed by atoms with van der Waals surface area (Å²) in [5.41, 5.74) is 4.39. The first kappa shape index (κ1) is 25.8. The Hall–Kier alpha value is -4.50. The number of nitrogens with one attached hydrogen (secondary N) is 1. The van der Waals surface area contributed by atoms with E-state index < -0.39 is 0 Å². The van der Waals surface area contributed by atoms with Gasteiger partial charge in [-0.3, -0.25) is 9.79 Å². The van der Waals surface area contributed by atoms with Gasteiger partial charge in [-0.05, 0) is 81.6 Å². The molecule has 1 saturated heterocycles. The van der Waals surface area contributed by atoms with E-state index in [9.17, 15) is 4.79 Å². The van der Waals surface area contributed by atoms with E-state index in [0.717, 1.165) is 57.9 Å². The summed E-state index contributed by atoms with van der Waals surface area (Å²) in [7, 11) is 6.03. The second-order valence-corrected chi connectivity index (χ2v) is 10.7. The van der Waals surface area contributed by atoms with Gasteiger partial charge < -0.3 is 24.8 Å². The Balaban J connectivity index is 1.20. The van der Waals surface area contributed by atoms with Crippen LogP contribution in [-0.2, 0) is 4.79 Å². The summed E-state index contributed by atoms with van der Waals surface area (Å²) in [5.74, 6) is 2.32. The van der Waals surface area contributed by atoms with Crippen molar-refractivity contribution in [3.05, 3.63) is 83.9 Å². The molecule has 3 aromatic rings. The molecule has 0 spiro atoms. The van der Waals surface area contributed by atoms with Crippen LogP contribution in [0.2, 0.25) is 0 Å². The largest absolute Gasteiger partial charge is 0.457 e. The standard InChI is InChI=1S/C31H33N7O2/c1-20-15-22(5-10-29(20)40-24-7-9-28-27(17-24)34-19-37(28)4)35-30-25-16-23(6-8-26(25)32-18-33-30)38-14-12-21(31(38)39)11-13-36(2)3/h5-11,15-19,27-28H,12-14H2,1-4H3,(H,32,33,35)/b21-11+. The lowest BCUT2D eigenvalue weighted by Crippen LogP contribution is -2.32. The van der Waals surface area contributed by atoms with E-state index >= 15 is 0 Å². The molecule has 1 aliphatic carbocycles. The Morgan fingerprint density at radius 2 is 2.05 bits per heavy atom. The zero-order valence-corrected chi connectivity index (χ0v) is 23.2. The summed E-state index contributed by atoms with van der Waals surface area (Å²) >= 11 is 0. The lowest BCUT2D eigenvalue weighted by molar-refractivity contribution is -0.114. The summed E-state index contributed by atoms with van der Waals surface area (Å²) in [4.78, 5) is 32.6. The number of hydrogen-bond acceptors (Lipinski definition) is 8. The minimum atomic E-state index is 0.0592. The molecule has 6 rings (SSSR count). The van der Waals surface area contributed by atoms with Gasteiger partial charge in [0.15, 0.2) is 0 Å². The lowest BCUT2D eigenvalue weighted by atomic mass is 10.0. The van der Waals surface area contributed by atoms with Crippen molar-refractivity contribution in [3.63, 3.8) is 0 Å². The first-order valence-electron chi connectivity index (χ1n) is 13.5. The molecule has 1 aromatic heterocycles. The number of rotatable bonds is 7. The number of carbonyl (C=O) groups excluding carboxylic acids is 1. The lowest BCUT2D eigenvalue weighted by Gasteiger charge is -2.23. The molecule has 9 nitrogen and oxygen atoms in total. The van der Waals surface area contributed by atoms with Crippen LogP contribution in [0.3, 0.4) is 0 Å². The summed E-state index contributed by atoms with van der Waals surface area (Å²) in [6.07, 6.45) is 12.4. The van der Waals surface area contributed by atoms with Crippen LogP contribution in [0.15, 0.2) is 83.4 Å². The molecule has 2 unspecified atom stereocenters. The number of anilines is 3. The average molecular weight is 536 g/mol. The van der Waals surface area contributed by atoms with Crippen LogP contribution in [0.1, 0.15) is 12.0 Å². The number of aromatic nitrogens is 2. The van der Waals surface area contributed by atoms with Crippen molar-refractivity contribution in [2.45, 2.75) is 25.4 Å². The van der Waals surface area contributed by atoms with E-state index in [4.69, 9.17) is 4.74 Å². The van der Waals surface area contributed by atoms with E-state index in [1.54, 1.807) is 6.33 Å². The molecule has 3 aliphatic rings. The SMILES string of the molecule is Cc1cc(Nc2ncnc3ccc(N4CC/C(=C\CN(C)C)C4=O)cc23)ccc1OC1=CC2N=CN(C)C2C=C1. The Bertz CT molecular complexity index is 1590. The number of likely N-dealkylation sites (N-methyl/N-ethyl adjacent to an activating group) is 2. The first-order chi connectivity index (χ1) is 19.4. The third kappa shape index (κ3) is 5.08. The van der Waals surface area contributed by atoms with Gasteiger partial charge in [0.25, 0.3) is 5.91 Å². The van der Waals surface area contributed by atoms with Crippen LogP contribution in [0, 0.1) is 6.92 Å². The Morgan fingerprint density at radius 3 is 2.88 bits per heavy atom. The topological polar surface area (TPSA) is 86.2 Å². The smallest absolute Gasteiger partial charge is 0.253 e. The summed E-state index contributed by atoms with van der Waals surface area (Å²) in [5, 5.41) is 4.30. The van der Waals surface area contributed by atoms with Crippen molar-refractivity contribution < 1.29 is 9.53 Å². The van der Waals surface area contributed by atoms with Gasteiger partial charge in [0.2, 0.25) is 0 Å². The van der Waals surface area contributed by atoms with Crippen molar-refractivity contribution in [2.24, 2.45) is 4.99 Å². The number of carbonyl (C=O) groups is 1. The minimum absolute atomic E-state index is 0.0592. The zero-order valence-electron chi connectivity index (χ0n) is 23.2. The maximum atomic E-state index is 13.1. The van der Waals surface area contributed by atoms with Crippen molar-refractivity contribution in [1.29, 1.82) is 0 Å². The van der Waals surface area contributed by atoms with Crippen molar-refractivity contribution >= 4 is 40.3 Å². The summed E-state index contributed by atoms with van der Waals surface area (Å²) < 4.78 is 6.21. The number of aryl methyl sites for hydroxylation is 1. The molecule has 40 heavy (non-hydrogen) atoms. The van der Waals surface area contributed by atoms with Gasteiger partial charge in [0.1, 0.15) is 23.7 Å². The van der Waals surface area contributed by atoms with E-state index in [1.165, 1.54) is 0 Å².